The van der Waals surface area contributed by atoms with E-state index in [4.69, 9.17) is 5.73 Å². The molecule has 7 heteroatoms. The molecule has 0 spiro atoms. The topological polar surface area (TPSA) is 87.1 Å². The normalized spacial score (nSPS) is 21.4. The number of nitrogen functional groups attached to an aromatic ring is 1. The van der Waals surface area contributed by atoms with Crippen molar-refractivity contribution < 1.29 is 4.21 Å². The molecule has 1 aliphatic heterocycles. The Morgan fingerprint density at radius 3 is 2.35 bits per heavy atom. The summed E-state index contributed by atoms with van der Waals surface area (Å²) in [7, 11) is -3.46. The molecule has 1 aliphatic rings. The van der Waals surface area contributed by atoms with Crippen molar-refractivity contribution in [3.8, 4) is 0 Å². The lowest BCUT2D eigenvalue weighted by Gasteiger charge is -2.03. The molecule has 0 atom stereocenters. The van der Waals surface area contributed by atoms with Gasteiger partial charge in [-0.3, -0.25) is 9.59 Å². The molecule has 90 valence electrons. The van der Waals surface area contributed by atoms with Crippen LogP contribution in [-0.4, -0.2) is 24.9 Å². The first-order valence-electron chi connectivity index (χ1n) is 4.94. The Morgan fingerprint density at radius 1 is 1.12 bits per heavy atom. The maximum atomic E-state index is 12.4. The molecule has 2 heterocycles. The van der Waals surface area contributed by atoms with Crippen LogP contribution in [0.4, 0.5) is 5.69 Å². The second-order valence-electron chi connectivity index (χ2n) is 4.63. The van der Waals surface area contributed by atoms with Gasteiger partial charge in [0.2, 0.25) is 0 Å². The van der Waals surface area contributed by atoms with Crippen LogP contribution >= 0.6 is 0 Å². The minimum Gasteiger partial charge on any atom is -0.398 e. The number of nitrogens with zero attached hydrogens (tertiary/aromatic N) is 2. The summed E-state index contributed by atoms with van der Waals surface area (Å²) in [5.74, 6) is 0. The molecule has 6 nitrogen and oxygen atoms in total. The van der Waals surface area contributed by atoms with E-state index < -0.39 is 20.6 Å². The third kappa shape index (κ3) is 0.973. The Morgan fingerprint density at radius 2 is 1.71 bits per heavy atom. The molecule has 0 saturated heterocycles. The monoisotopic (exact) mass is 253 g/mol. The highest BCUT2D eigenvalue weighted by Gasteiger charge is 2.51. The maximum Gasteiger partial charge on any atom is 0.288 e. The summed E-state index contributed by atoms with van der Waals surface area (Å²) >= 11 is 0. The average Bonchev–Trinajstić information content (AvgIpc) is 2.71. The zero-order valence-electron chi connectivity index (χ0n) is 9.34. The lowest BCUT2D eigenvalue weighted by molar-refractivity contribution is 0.673. The van der Waals surface area contributed by atoms with Crippen molar-refractivity contribution in [2.24, 2.45) is 0 Å². The van der Waals surface area contributed by atoms with E-state index in [-0.39, 0.29) is 16.5 Å². The summed E-state index contributed by atoms with van der Waals surface area (Å²) in [6.07, 6.45) is 2.80. The fourth-order valence-electron chi connectivity index (χ4n) is 2.16. The molecule has 3 rings (SSSR count). The summed E-state index contributed by atoms with van der Waals surface area (Å²) in [5.41, 5.74) is 5.02. The first kappa shape index (κ1) is 10.3. The Bertz CT molecular complexity index is 869. The molecule has 0 radical (unpaired) electrons. The third-order valence-corrected chi connectivity index (χ3v) is 5.50. The van der Waals surface area contributed by atoms with Gasteiger partial charge in [0.1, 0.15) is 0 Å². The molecule has 1 aromatic carbocycles. The van der Waals surface area contributed by atoms with E-state index in [1.165, 1.54) is 18.6 Å². The Hall–Kier alpha value is -1.89. The first-order chi connectivity index (χ1) is 7.74. The van der Waals surface area contributed by atoms with Crippen LogP contribution in [0.3, 0.4) is 0 Å². The van der Waals surface area contributed by atoms with Gasteiger partial charge in [-0.15, -0.1) is 0 Å². The number of rotatable bonds is 0. The fourth-order valence-corrected chi connectivity index (χ4v) is 4.59. The zero-order valence-corrected chi connectivity index (χ0v) is 10.2. The first-order valence-corrected chi connectivity index (χ1v) is 7.63. The van der Waals surface area contributed by atoms with Gasteiger partial charge in [-0.2, -0.15) is 8.17 Å². The van der Waals surface area contributed by atoms with Crippen LogP contribution < -0.4 is 16.9 Å². The molecule has 2 N–H and O–H groups in total. The van der Waals surface area contributed by atoms with Crippen molar-refractivity contribution in [3.63, 3.8) is 0 Å². The SMILES string of the molecule is CS1(C)(=O)n2c(=O)c3cccc(N)c3c(=O)n21. The lowest BCUT2D eigenvalue weighted by atomic mass is 10.2. The Kier molecular flexibility index (Phi) is 1.42. The van der Waals surface area contributed by atoms with Gasteiger partial charge in [-0.1, -0.05) is 6.07 Å². The van der Waals surface area contributed by atoms with E-state index in [0.29, 0.717) is 0 Å². The zero-order chi connectivity index (χ0) is 12.6. The summed E-state index contributed by atoms with van der Waals surface area (Å²) < 4.78 is 14.5. The van der Waals surface area contributed by atoms with Gasteiger partial charge in [0.15, 0.2) is 0 Å². The predicted octanol–water partition coefficient (Wildman–Crippen LogP) is -0.635. The van der Waals surface area contributed by atoms with Crippen LogP contribution in [-0.2, 0) is 9.44 Å². The van der Waals surface area contributed by atoms with Crippen molar-refractivity contribution in [1.29, 1.82) is 0 Å². The number of benzene rings is 1. The molecule has 17 heavy (non-hydrogen) atoms. The number of hydrogen-bond donors (Lipinski definition) is 1. The van der Waals surface area contributed by atoms with Crippen molar-refractivity contribution >= 4 is 25.9 Å². The van der Waals surface area contributed by atoms with E-state index in [9.17, 15) is 13.8 Å². The molecule has 0 unspecified atom stereocenters. The van der Waals surface area contributed by atoms with E-state index in [0.717, 1.165) is 8.17 Å². The second-order valence-corrected chi connectivity index (χ2v) is 8.73. The van der Waals surface area contributed by atoms with Crippen LogP contribution in [0, 0.1) is 0 Å². The Balaban J connectivity index is 2.72. The van der Waals surface area contributed by atoms with Gasteiger partial charge in [-0.25, -0.2) is 4.21 Å². The van der Waals surface area contributed by atoms with Gasteiger partial charge < -0.3 is 5.73 Å². The summed E-state index contributed by atoms with van der Waals surface area (Å²) in [4.78, 5) is 24.2. The quantitative estimate of drug-likeness (QED) is 0.500. The van der Waals surface area contributed by atoms with Crippen molar-refractivity contribution in [2.45, 2.75) is 0 Å². The molecule has 0 bridgehead atoms. The molecule has 2 aromatic rings. The van der Waals surface area contributed by atoms with Crippen LogP contribution in [0.1, 0.15) is 0 Å². The summed E-state index contributed by atoms with van der Waals surface area (Å²) in [5, 5.41) is 0.361. The molecule has 0 saturated carbocycles. The Labute approximate surface area is 95.9 Å². The van der Waals surface area contributed by atoms with Crippen LogP contribution in [0.15, 0.2) is 27.8 Å². The van der Waals surface area contributed by atoms with Crippen molar-refractivity contribution in [2.75, 3.05) is 18.2 Å². The number of anilines is 1. The third-order valence-electron chi connectivity index (χ3n) is 3.02. The standard InChI is InChI=1S/C10H11N3O3S/c1-17(2,16)12-9(14)6-4-3-5-7(11)8(6)10(15)13(12)17/h3-5H,11H2,1-2H3. The molecular weight excluding hydrogens is 242 g/mol. The van der Waals surface area contributed by atoms with E-state index in [1.54, 1.807) is 12.1 Å². The molecule has 0 fully saturated rings. The highest BCUT2D eigenvalue weighted by Crippen LogP contribution is 2.33. The smallest absolute Gasteiger partial charge is 0.288 e. The van der Waals surface area contributed by atoms with Gasteiger partial charge in [0.05, 0.1) is 20.2 Å². The van der Waals surface area contributed by atoms with Crippen LogP contribution in [0.2, 0.25) is 0 Å². The van der Waals surface area contributed by atoms with Crippen molar-refractivity contribution in [1.82, 2.24) is 8.17 Å². The number of hydrogen-bond acceptors (Lipinski definition) is 4. The highest BCUT2D eigenvalue weighted by atomic mass is 32.3. The fraction of sp³-hybridized carbons (Fsp3) is 0.200. The van der Waals surface area contributed by atoms with Crippen LogP contribution in [0.25, 0.3) is 10.8 Å². The van der Waals surface area contributed by atoms with Gasteiger partial charge in [-0.05, 0) is 12.1 Å². The lowest BCUT2D eigenvalue weighted by Crippen LogP contribution is -2.23. The molecule has 0 amide bonds. The largest absolute Gasteiger partial charge is 0.398 e. The molecular formula is C10H11N3O3S. The van der Waals surface area contributed by atoms with Gasteiger partial charge >= 0.3 is 0 Å². The average molecular weight is 253 g/mol. The van der Waals surface area contributed by atoms with E-state index >= 15 is 0 Å². The predicted molar refractivity (Wildman–Crippen MR) is 67.7 cm³/mol. The van der Waals surface area contributed by atoms with Crippen molar-refractivity contribution in [3.05, 3.63) is 38.9 Å². The molecule has 0 aliphatic carbocycles. The minimum atomic E-state index is -3.46. The van der Waals surface area contributed by atoms with E-state index in [1.807, 2.05) is 0 Å². The highest BCUT2D eigenvalue weighted by molar-refractivity contribution is 8.20. The summed E-state index contributed by atoms with van der Waals surface area (Å²) in [6, 6.07) is 4.66. The van der Waals surface area contributed by atoms with E-state index in [2.05, 4.69) is 0 Å². The molecule has 1 aromatic heterocycles. The maximum absolute atomic E-state index is 12.4. The second kappa shape index (κ2) is 2.35. The number of aromatic nitrogens is 2. The summed E-state index contributed by atoms with van der Waals surface area (Å²) in [6.45, 7) is 0. The van der Waals surface area contributed by atoms with Gasteiger partial charge in [0, 0.05) is 18.2 Å². The minimum absolute atomic E-state index is 0.147. The van der Waals surface area contributed by atoms with Gasteiger partial charge in [0.25, 0.3) is 11.1 Å². The number of fused-ring (bicyclic) bond motifs is 2. The number of nitrogens with two attached hydrogens (primary N) is 1. The van der Waals surface area contributed by atoms with Crippen LogP contribution in [0.5, 0.6) is 0 Å².